The van der Waals surface area contributed by atoms with Crippen molar-refractivity contribution < 1.29 is 9.53 Å². The van der Waals surface area contributed by atoms with Gasteiger partial charge in [-0.15, -0.1) is 0 Å². The zero-order valence-corrected chi connectivity index (χ0v) is 10.5. The Bertz CT molecular complexity index is 564. The fourth-order valence-electron chi connectivity index (χ4n) is 1.55. The average Bonchev–Trinajstić information content (AvgIpc) is 2.77. The topological polar surface area (TPSA) is 71.8 Å². The summed E-state index contributed by atoms with van der Waals surface area (Å²) in [6.07, 6.45) is 3.11. The molecule has 2 aromatic rings. The van der Waals surface area contributed by atoms with E-state index in [4.69, 9.17) is 4.74 Å². The Hall–Kier alpha value is -2.15. The number of ether oxygens (including phenoxy) is 1. The number of hydrogen-bond donors (Lipinski definition) is 1. The zero-order chi connectivity index (χ0) is 13.1. The van der Waals surface area contributed by atoms with E-state index in [9.17, 15) is 4.79 Å². The summed E-state index contributed by atoms with van der Waals surface area (Å²) in [5, 5.41) is 5.85. The molecule has 0 aliphatic rings. The van der Waals surface area contributed by atoms with Crippen molar-refractivity contribution in [2.75, 3.05) is 26.1 Å². The Morgan fingerprint density at radius 2 is 2.33 bits per heavy atom. The van der Waals surface area contributed by atoms with Gasteiger partial charge >= 0.3 is 5.97 Å². The molecule has 0 atom stereocenters. The van der Waals surface area contributed by atoms with Crippen LogP contribution in [0.15, 0.2) is 18.5 Å². The first-order valence-corrected chi connectivity index (χ1v) is 5.57. The van der Waals surface area contributed by atoms with Crippen molar-refractivity contribution in [3.63, 3.8) is 0 Å². The molecule has 7 nitrogen and oxygen atoms in total. The molecular formula is C11H15N5O2. The molecule has 2 aromatic heterocycles. The van der Waals surface area contributed by atoms with E-state index in [-0.39, 0.29) is 0 Å². The largest absolute Gasteiger partial charge is 0.462 e. The fraction of sp³-hybridized carbons (Fsp3) is 0.364. The molecule has 0 aromatic carbocycles. The Morgan fingerprint density at radius 3 is 3.00 bits per heavy atom. The molecule has 96 valence electrons. The lowest BCUT2D eigenvalue weighted by Gasteiger charge is -2.16. The smallest absolute Gasteiger partial charge is 0.343 e. The summed E-state index contributed by atoms with van der Waals surface area (Å²) in [6.45, 7) is 2.08. The minimum atomic E-state index is -0.424. The highest BCUT2D eigenvalue weighted by Crippen LogP contribution is 2.17. The number of aromatic nitrogens is 3. The van der Waals surface area contributed by atoms with Crippen LogP contribution < -0.4 is 5.43 Å². The van der Waals surface area contributed by atoms with Gasteiger partial charge < -0.3 is 10.2 Å². The second-order valence-corrected chi connectivity index (χ2v) is 3.85. The lowest BCUT2D eigenvalue weighted by atomic mass is 10.3. The number of nitrogens with one attached hydrogen (secondary N) is 1. The van der Waals surface area contributed by atoms with Gasteiger partial charge in [-0.2, -0.15) is 9.61 Å². The molecule has 0 bridgehead atoms. The molecule has 0 saturated heterocycles. The first-order chi connectivity index (χ1) is 8.63. The number of esters is 1. The van der Waals surface area contributed by atoms with Crippen LogP contribution in [-0.2, 0) is 4.74 Å². The highest BCUT2D eigenvalue weighted by molar-refractivity contribution is 5.94. The number of rotatable bonds is 4. The van der Waals surface area contributed by atoms with Crippen LogP contribution in [0.2, 0.25) is 0 Å². The second-order valence-electron chi connectivity index (χ2n) is 3.85. The van der Waals surface area contributed by atoms with Gasteiger partial charge in [0.15, 0.2) is 11.5 Å². The fourth-order valence-corrected chi connectivity index (χ4v) is 1.55. The lowest BCUT2D eigenvalue weighted by Crippen LogP contribution is -2.24. The van der Waals surface area contributed by atoms with Gasteiger partial charge in [0.1, 0.15) is 5.56 Å². The van der Waals surface area contributed by atoms with Crippen molar-refractivity contribution in [1.29, 1.82) is 0 Å². The summed E-state index contributed by atoms with van der Waals surface area (Å²) in [4.78, 5) is 16.0. The van der Waals surface area contributed by atoms with Crippen molar-refractivity contribution in [1.82, 2.24) is 19.6 Å². The molecule has 0 unspecified atom stereocenters. The highest BCUT2D eigenvalue weighted by Gasteiger charge is 2.17. The van der Waals surface area contributed by atoms with Gasteiger partial charge in [0.05, 0.1) is 12.8 Å². The highest BCUT2D eigenvalue weighted by atomic mass is 16.5. The summed E-state index contributed by atoms with van der Waals surface area (Å²) in [7, 11) is 3.65. The summed E-state index contributed by atoms with van der Waals surface area (Å²) in [6, 6.07) is 1.76. The quantitative estimate of drug-likeness (QED) is 0.638. The number of fused-ring (bicyclic) bond motifs is 1. The van der Waals surface area contributed by atoms with E-state index < -0.39 is 5.97 Å². The molecule has 2 rings (SSSR count). The summed E-state index contributed by atoms with van der Waals surface area (Å²) in [5.41, 5.74) is 4.04. The van der Waals surface area contributed by atoms with Gasteiger partial charge in [0, 0.05) is 26.4 Å². The first-order valence-electron chi connectivity index (χ1n) is 5.57. The number of hydrogen-bond acceptors (Lipinski definition) is 6. The number of carbonyl (C=O) groups is 1. The van der Waals surface area contributed by atoms with Crippen molar-refractivity contribution in [3.8, 4) is 0 Å². The monoisotopic (exact) mass is 249 g/mol. The van der Waals surface area contributed by atoms with Crippen LogP contribution >= 0.6 is 0 Å². The van der Waals surface area contributed by atoms with Gasteiger partial charge in [0.2, 0.25) is 0 Å². The standard InChI is InChI=1S/C11H15N5O2/c1-4-18-11(17)8-7-12-9-5-6-13-16(9)10(8)14-15(2)3/h5-7,14H,4H2,1-3H3. The van der Waals surface area contributed by atoms with Crippen molar-refractivity contribution >= 4 is 17.4 Å². The zero-order valence-electron chi connectivity index (χ0n) is 10.5. The summed E-state index contributed by atoms with van der Waals surface area (Å²) >= 11 is 0. The molecule has 0 aliphatic heterocycles. The minimum absolute atomic E-state index is 0.317. The molecule has 7 heteroatoms. The van der Waals surface area contributed by atoms with Gasteiger partial charge in [-0.05, 0) is 6.92 Å². The molecule has 0 fully saturated rings. The molecular weight excluding hydrogens is 234 g/mol. The van der Waals surface area contributed by atoms with Crippen LogP contribution in [0.3, 0.4) is 0 Å². The molecule has 0 amide bonds. The van der Waals surface area contributed by atoms with E-state index in [1.165, 1.54) is 6.20 Å². The van der Waals surface area contributed by atoms with Gasteiger partial charge in [-0.3, -0.25) is 0 Å². The van der Waals surface area contributed by atoms with Crippen LogP contribution in [0, 0.1) is 0 Å². The van der Waals surface area contributed by atoms with E-state index in [1.54, 1.807) is 28.7 Å². The third kappa shape index (κ3) is 2.25. The molecule has 18 heavy (non-hydrogen) atoms. The number of anilines is 1. The van der Waals surface area contributed by atoms with Crippen molar-refractivity contribution in [3.05, 3.63) is 24.0 Å². The van der Waals surface area contributed by atoms with Gasteiger partial charge in [-0.1, -0.05) is 0 Å². The van der Waals surface area contributed by atoms with Crippen LogP contribution in [0.1, 0.15) is 17.3 Å². The Labute approximate surface area is 104 Å². The maximum Gasteiger partial charge on any atom is 0.343 e. The Morgan fingerprint density at radius 1 is 1.56 bits per heavy atom. The Kier molecular flexibility index (Phi) is 3.42. The maximum absolute atomic E-state index is 11.9. The number of nitrogens with zero attached hydrogens (tertiary/aromatic N) is 4. The predicted octanol–water partition coefficient (Wildman–Crippen LogP) is 0.794. The van der Waals surface area contributed by atoms with Gasteiger partial charge in [0.25, 0.3) is 0 Å². The second kappa shape index (κ2) is 5.01. The van der Waals surface area contributed by atoms with Crippen LogP contribution in [0.4, 0.5) is 5.82 Å². The SMILES string of the molecule is CCOC(=O)c1cnc2ccnn2c1NN(C)C. The van der Waals surface area contributed by atoms with Crippen LogP contribution in [0.25, 0.3) is 5.65 Å². The van der Waals surface area contributed by atoms with E-state index in [1.807, 2.05) is 14.1 Å². The number of hydrazine groups is 1. The predicted molar refractivity (Wildman–Crippen MR) is 66.3 cm³/mol. The normalized spacial score (nSPS) is 10.9. The third-order valence-electron chi connectivity index (χ3n) is 2.24. The third-order valence-corrected chi connectivity index (χ3v) is 2.24. The maximum atomic E-state index is 11.9. The first kappa shape index (κ1) is 12.3. The van der Waals surface area contributed by atoms with Gasteiger partial charge in [-0.25, -0.2) is 14.8 Å². The van der Waals surface area contributed by atoms with Crippen LogP contribution in [-0.4, -0.2) is 46.3 Å². The summed E-state index contributed by atoms with van der Waals surface area (Å²) in [5.74, 6) is 0.111. The van der Waals surface area contributed by atoms with E-state index in [0.717, 1.165) is 0 Å². The molecule has 0 aliphatic carbocycles. The van der Waals surface area contributed by atoms with Crippen molar-refractivity contribution in [2.45, 2.75) is 6.92 Å². The van der Waals surface area contributed by atoms with E-state index >= 15 is 0 Å². The molecule has 2 heterocycles. The molecule has 1 N–H and O–H groups in total. The van der Waals surface area contributed by atoms with E-state index in [0.29, 0.717) is 23.6 Å². The number of carbonyl (C=O) groups excluding carboxylic acids is 1. The minimum Gasteiger partial charge on any atom is -0.462 e. The average molecular weight is 249 g/mol. The lowest BCUT2D eigenvalue weighted by molar-refractivity contribution is 0.0526. The Balaban J connectivity index is 2.53. The molecule has 0 spiro atoms. The molecule has 0 radical (unpaired) electrons. The summed E-state index contributed by atoms with van der Waals surface area (Å²) < 4.78 is 6.56. The molecule has 0 saturated carbocycles. The van der Waals surface area contributed by atoms with Crippen molar-refractivity contribution in [2.24, 2.45) is 0 Å². The van der Waals surface area contributed by atoms with E-state index in [2.05, 4.69) is 15.5 Å². The van der Waals surface area contributed by atoms with Crippen LogP contribution in [0.5, 0.6) is 0 Å².